The van der Waals surface area contributed by atoms with E-state index in [0.717, 1.165) is 12.8 Å². The number of aliphatic hydroxyl groups excluding tert-OH is 1. The Balaban J connectivity index is 2.53. The molecule has 0 saturated heterocycles. The minimum Gasteiger partial charge on any atom is -0.490 e. The molecule has 0 radical (unpaired) electrons. The minimum atomic E-state index is -0.0732. The van der Waals surface area contributed by atoms with Crippen LogP contribution in [-0.4, -0.2) is 11.7 Å². The summed E-state index contributed by atoms with van der Waals surface area (Å²) in [7, 11) is 0. The molecule has 0 saturated carbocycles. The Morgan fingerprint density at radius 3 is 2.29 bits per heavy atom. The van der Waals surface area contributed by atoms with Crippen molar-refractivity contribution in [1.82, 2.24) is 0 Å². The van der Waals surface area contributed by atoms with E-state index in [1.165, 1.54) is 12.8 Å². The zero-order valence-corrected chi connectivity index (χ0v) is 11.5. The van der Waals surface area contributed by atoms with Gasteiger partial charge in [0.05, 0.1) is 23.3 Å². The molecule has 0 aliphatic carbocycles. The molecule has 0 atom stereocenters. The van der Waals surface area contributed by atoms with E-state index in [2.05, 4.69) is 6.92 Å². The predicted octanol–water partition coefficient (Wildman–Crippen LogP) is 4.44. The molecule has 0 aliphatic rings. The maximum Gasteiger partial charge on any atom is 0.156 e. The van der Waals surface area contributed by atoms with E-state index in [9.17, 15) is 0 Å². The van der Waals surface area contributed by atoms with Crippen LogP contribution in [0.3, 0.4) is 0 Å². The van der Waals surface area contributed by atoms with Crippen LogP contribution in [0.5, 0.6) is 5.75 Å². The molecular formula is C13H18Cl2O2. The summed E-state index contributed by atoms with van der Waals surface area (Å²) >= 11 is 12.1. The number of unbranched alkanes of at least 4 members (excludes halogenated alkanes) is 3. The zero-order valence-electron chi connectivity index (χ0n) is 10.0. The van der Waals surface area contributed by atoms with Gasteiger partial charge in [0.2, 0.25) is 0 Å². The molecular weight excluding hydrogens is 259 g/mol. The van der Waals surface area contributed by atoms with E-state index in [1.54, 1.807) is 12.1 Å². The Bertz CT molecular complexity index is 330. The normalized spacial score (nSPS) is 10.6. The zero-order chi connectivity index (χ0) is 12.7. The Kier molecular flexibility index (Phi) is 6.71. The van der Waals surface area contributed by atoms with Gasteiger partial charge in [0, 0.05) is 0 Å². The second-order valence-electron chi connectivity index (χ2n) is 3.96. The van der Waals surface area contributed by atoms with Crippen LogP contribution in [-0.2, 0) is 6.61 Å². The second-order valence-corrected chi connectivity index (χ2v) is 4.77. The highest BCUT2D eigenvalue weighted by atomic mass is 35.5. The molecule has 1 rings (SSSR count). The van der Waals surface area contributed by atoms with Gasteiger partial charge in [-0.2, -0.15) is 0 Å². The summed E-state index contributed by atoms with van der Waals surface area (Å²) in [6, 6.07) is 3.35. The molecule has 0 bridgehead atoms. The molecule has 0 aliphatic heterocycles. The van der Waals surface area contributed by atoms with Gasteiger partial charge in [0.1, 0.15) is 0 Å². The molecule has 0 spiro atoms. The van der Waals surface area contributed by atoms with Crippen molar-refractivity contribution in [2.75, 3.05) is 6.61 Å². The molecule has 1 aromatic rings. The molecule has 96 valence electrons. The van der Waals surface area contributed by atoms with Crippen LogP contribution in [0, 0.1) is 0 Å². The highest BCUT2D eigenvalue weighted by molar-refractivity contribution is 6.37. The van der Waals surface area contributed by atoms with Crippen molar-refractivity contribution in [2.24, 2.45) is 0 Å². The van der Waals surface area contributed by atoms with Crippen LogP contribution >= 0.6 is 23.2 Å². The Morgan fingerprint density at radius 1 is 1.12 bits per heavy atom. The van der Waals surface area contributed by atoms with E-state index in [-0.39, 0.29) is 6.61 Å². The second kappa shape index (κ2) is 7.80. The van der Waals surface area contributed by atoms with Crippen molar-refractivity contribution in [2.45, 2.75) is 39.2 Å². The van der Waals surface area contributed by atoms with Crippen LogP contribution in [0.25, 0.3) is 0 Å². The smallest absolute Gasteiger partial charge is 0.156 e. The number of hydrogen-bond acceptors (Lipinski definition) is 2. The molecule has 1 N–H and O–H groups in total. The highest BCUT2D eigenvalue weighted by Crippen LogP contribution is 2.34. The van der Waals surface area contributed by atoms with E-state index in [0.29, 0.717) is 28.0 Å². The molecule has 17 heavy (non-hydrogen) atoms. The third-order valence-electron chi connectivity index (χ3n) is 2.48. The topological polar surface area (TPSA) is 29.5 Å². The lowest BCUT2D eigenvalue weighted by Gasteiger charge is -2.11. The Morgan fingerprint density at radius 2 is 1.76 bits per heavy atom. The van der Waals surface area contributed by atoms with Gasteiger partial charge < -0.3 is 9.84 Å². The average Bonchev–Trinajstić information content (AvgIpc) is 2.31. The van der Waals surface area contributed by atoms with Crippen LogP contribution in [0.1, 0.15) is 38.2 Å². The first-order valence-corrected chi connectivity index (χ1v) is 6.66. The third kappa shape index (κ3) is 4.74. The molecule has 0 amide bonds. The lowest BCUT2D eigenvalue weighted by molar-refractivity contribution is 0.281. The summed E-state index contributed by atoms with van der Waals surface area (Å²) in [5.41, 5.74) is 0.693. The van der Waals surface area contributed by atoms with Gasteiger partial charge in [-0.1, -0.05) is 49.4 Å². The molecule has 4 heteroatoms. The van der Waals surface area contributed by atoms with Crippen LogP contribution in [0.2, 0.25) is 10.0 Å². The van der Waals surface area contributed by atoms with E-state index >= 15 is 0 Å². The third-order valence-corrected chi connectivity index (χ3v) is 3.05. The van der Waals surface area contributed by atoms with Crippen LogP contribution in [0.4, 0.5) is 0 Å². The molecule has 0 unspecified atom stereocenters. The fraction of sp³-hybridized carbons (Fsp3) is 0.538. The van der Waals surface area contributed by atoms with Crippen molar-refractivity contribution >= 4 is 23.2 Å². The highest BCUT2D eigenvalue weighted by Gasteiger charge is 2.09. The molecule has 0 fully saturated rings. The monoisotopic (exact) mass is 276 g/mol. The summed E-state index contributed by atoms with van der Waals surface area (Å²) in [4.78, 5) is 0. The summed E-state index contributed by atoms with van der Waals surface area (Å²) < 4.78 is 5.57. The summed E-state index contributed by atoms with van der Waals surface area (Å²) in [5, 5.41) is 9.90. The maximum atomic E-state index is 8.99. The Labute approximate surface area is 113 Å². The number of aliphatic hydroxyl groups is 1. The fourth-order valence-electron chi connectivity index (χ4n) is 1.54. The quantitative estimate of drug-likeness (QED) is 0.746. The molecule has 2 nitrogen and oxygen atoms in total. The van der Waals surface area contributed by atoms with Crippen molar-refractivity contribution in [3.63, 3.8) is 0 Å². The number of halogens is 2. The van der Waals surface area contributed by atoms with Crippen molar-refractivity contribution < 1.29 is 9.84 Å². The first-order chi connectivity index (χ1) is 8.19. The fourth-order valence-corrected chi connectivity index (χ4v) is 2.19. The lowest BCUT2D eigenvalue weighted by Crippen LogP contribution is -1.99. The number of rotatable bonds is 7. The lowest BCUT2D eigenvalue weighted by atomic mass is 10.2. The van der Waals surface area contributed by atoms with Crippen LogP contribution < -0.4 is 4.74 Å². The Hall–Kier alpha value is -0.440. The average molecular weight is 277 g/mol. The SMILES string of the molecule is CCCCCCOc1c(Cl)cc(CO)cc1Cl. The maximum absolute atomic E-state index is 8.99. The van der Waals surface area contributed by atoms with E-state index < -0.39 is 0 Å². The van der Waals surface area contributed by atoms with Crippen molar-refractivity contribution in [3.05, 3.63) is 27.7 Å². The summed E-state index contributed by atoms with van der Waals surface area (Å²) in [5.74, 6) is 0.516. The number of ether oxygens (including phenoxy) is 1. The van der Waals surface area contributed by atoms with Gasteiger partial charge in [0.25, 0.3) is 0 Å². The minimum absolute atomic E-state index is 0.0732. The van der Waals surface area contributed by atoms with Gasteiger partial charge in [-0.15, -0.1) is 0 Å². The van der Waals surface area contributed by atoms with Gasteiger partial charge in [-0.25, -0.2) is 0 Å². The van der Waals surface area contributed by atoms with Crippen molar-refractivity contribution in [3.8, 4) is 5.75 Å². The molecule has 1 aromatic carbocycles. The van der Waals surface area contributed by atoms with Crippen molar-refractivity contribution in [1.29, 1.82) is 0 Å². The van der Waals surface area contributed by atoms with E-state index in [1.807, 2.05) is 0 Å². The first-order valence-electron chi connectivity index (χ1n) is 5.90. The molecule has 0 heterocycles. The van der Waals surface area contributed by atoms with Crippen LogP contribution in [0.15, 0.2) is 12.1 Å². The summed E-state index contributed by atoms with van der Waals surface area (Å²) in [6.07, 6.45) is 4.57. The van der Waals surface area contributed by atoms with Gasteiger partial charge in [-0.3, -0.25) is 0 Å². The largest absolute Gasteiger partial charge is 0.490 e. The number of benzene rings is 1. The molecule has 0 aromatic heterocycles. The van der Waals surface area contributed by atoms with Gasteiger partial charge >= 0.3 is 0 Å². The summed E-state index contributed by atoms with van der Waals surface area (Å²) in [6.45, 7) is 2.72. The van der Waals surface area contributed by atoms with E-state index in [4.69, 9.17) is 33.0 Å². The van der Waals surface area contributed by atoms with Gasteiger partial charge in [-0.05, 0) is 24.1 Å². The standard InChI is InChI=1S/C13H18Cl2O2/c1-2-3-4-5-6-17-13-11(14)7-10(9-16)8-12(13)15/h7-8,16H,2-6,9H2,1H3. The predicted molar refractivity (Wildman–Crippen MR) is 72.0 cm³/mol. The first kappa shape index (κ1) is 14.6. The number of hydrogen-bond donors (Lipinski definition) is 1. The van der Waals surface area contributed by atoms with Gasteiger partial charge in [0.15, 0.2) is 5.75 Å².